The summed E-state index contributed by atoms with van der Waals surface area (Å²) < 4.78 is 26.0. The van der Waals surface area contributed by atoms with E-state index in [4.69, 9.17) is 35.3 Å². The molecule has 6 nitrogen and oxygen atoms in total. The standard InChI is InChI=1S/C20H21ClO6/c1-23-15-5-7-16(8-6-15)26-10-11-27-19(22)9-4-14-12-17(21)20(25-3)18(13-14)24-2/h4-9,12-13H,10-11H2,1-3H3/b9-4+. The zero-order valence-electron chi connectivity index (χ0n) is 15.4. The summed E-state index contributed by atoms with van der Waals surface area (Å²) in [6.07, 6.45) is 2.89. The average Bonchev–Trinajstić information content (AvgIpc) is 2.69. The van der Waals surface area contributed by atoms with Crippen molar-refractivity contribution in [2.45, 2.75) is 0 Å². The molecule has 0 aliphatic carbocycles. The summed E-state index contributed by atoms with van der Waals surface area (Å²) in [5, 5.41) is 0.387. The molecule has 27 heavy (non-hydrogen) atoms. The minimum Gasteiger partial charge on any atom is -0.497 e. The third kappa shape index (κ3) is 6.11. The Hall–Kier alpha value is -2.86. The van der Waals surface area contributed by atoms with E-state index < -0.39 is 5.97 Å². The minimum absolute atomic E-state index is 0.127. The molecule has 2 aromatic carbocycles. The van der Waals surface area contributed by atoms with E-state index in [0.29, 0.717) is 27.8 Å². The lowest BCUT2D eigenvalue weighted by molar-refractivity contribution is -0.138. The Labute approximate surface area is 163 Å². The van der Waals surface area contributed by atoms with Crippen LogP contribution in [0.4, 0.5) is 0 Å². The molecule has 0 aliphatic rings. The van der Waals surface area contributed by atoms with Crippen molar-refractivity contribution in [1.29, 1.82) is 0 Å². The van der Waals surface area contributed by atoms with Crippen LogP contribution in [0, 0.1) is 0 Å². The lowest BCUT2D eigenvalue weighted by Gasteiger charge is -2.10. The Morgan fingerprint density at radius 2 is 1.67 bits per heavy atom. The highest BCUT2D eigenvalue weighted by Gasteiger charge is 2.10. The molecule has 0 radical (unpaired) electrons. The van der Waals surface area contributed by atoms with Crippen LogP contribution in [0.25, 0.3) is 6.08 Å². The topological polar surface area (TPSA) is 63.2 Å². The van der Waals surface area contributed by atoms with Crippen molar-refractivity contribution in [1.82, 2.24) is 0 Å². The van der Waals surface area contributed by atoms with Gasteiger partial charge in [-0.1, -0.05) is 11.6 Å². The molecule has 0 aromatic heterocycles. The number of benzene rings is 2. The van der Waals surface area contributed by atoms with Crippen molar-refractivity contribution < 1.29 is 28.5 Å². The molecule has 0 spiro atoms. The summed E-state index contributed by atoms with van der Waals surface area (Å²) in [5.74, 6) is 1.84. The number of methoxy groups -OCH3 is 3. The van der Waals surface area contributed by atoms with Crippen molar-refractivity contribution >= 4 is 23.6 Å². The Bertz CT molecular complexity index is 786. The van der Waals surface area contributed by atoms with Gasteiger partial charge in [-0.15, -0.1) is 0 Å². The summed E-state index contributed by atoms with van der Waals surface area (Å²) in [4.78, 5) is 11.8. The second-order valence-electron chi connectivity index (χ2n) is 5.26. The molecule has 7 heteroatoms. The van der Waals surface area contributed by atoms with E-state index in [1.807, 2.05) is 0 Å². The lowest BCUT2D eigenvalue weighted by atomic mass is 10.2. The number of hydrogen-bond donors (Lipinski definition) is 0. The number of rotatable bonds is 9. The smallest absolute Gasteiger partial charge is 0.330 e. The Kier molecular flexibility index (Phi) is 7.82. The van der Waals surface area contributed by atoms with E-state index >= 15 is 0 Å². The maximum absolute atomic E-state index is 11.8. The van der Waals surface area contributed by atoms with Gasteiger partial charge in [0.15, 0.2) is 11.5 Å². The molecule has 0 heterocycles. The minimum atomic E-state index is -0.487. The van der Waals surface area contributed by atoms with Crippen molar-refractivity contribution in [2.75, 3.05) is 34.5 Å². The van der Waals surface area contributed by atoms with Crippen molar-refractivity contribution in [3.05, 3.63) is 53.1 Å². The average molecular weight is 393 g/mol. The molecule has 144 valence electrons. The Morgan fingerprint density at radius 3 is 2.30 bits per heavy atom. The lowest BCUT2D eigenvalue weighted by Crippen LogP contribution is -2.10. The fourth-order valence-corrected chi connectivity index (χ4v) is 2.52. The van der Waals surface area contributed by atoms with E-state index in [1.54, 1.807) is 49.6 Å². The van der Waals surface area contributed by atoms with Gasteiger partial charge in [0.2, 0.25) is 0 Å². The van der Waals surface area contributed by atoms with Gasteiger partial charge >= 0.3 is 5.97 Å². The van der Waals surface area contributed by atoms with Gasteiger partial charge in [-0.05, 0) is 48.0 Å². The third-order valence-electron chi connectivity index (χ3n) is 3.52. The highest BCUT2D eigenvalue weighted by atomic mass is 35.5. The molecule has 0 saturated carbocycles. The summed E-state index contributed by atoms with van der Waals surface area (Å²) >= 11 is 6.13. The van der Waals surface area contributed by atoms with Crippen LogP contribution in [-0.4, -0.2) is 40.5 Å². The monoisotopic (exact) mass is 392 g/mol. The van der Waals surface area contributed by atoms with Crippen LogP contribution in [0.2, 0.25) is 5.02 Å². The predicted molar refractivity (Wildman–Crippen MR) is 103 cm³/mol. The van der Waals surface area contributed by atoms with E-state index in [9.17, 15) is 4.79 Å². The molecule has 0 atom stereocenters. The molecule has 0 bridgehead atoms. The first-order valence-electron chi connectivity index (χ1n) is 8.10. The fraction of sp³-hybridized carbons (Fsp3) is 0.250. The number of carbonyl (C=O) groups is 1. The normalized spacial score (nSPS) is 10.5. The quantitative estimate of drug-likeness (QED) is 0.365. The Balaban J connectivity index is 1.82. The van der Waals surface area contributed by atoms with Gasteiger partial charge in [-0.25, -0.2) is 4.79 Å². The number of halogens is 1. The maximum atomic E-state index is 11.8. The van der Waals surface area contributed by atoms with Crippen LogP contribution < -0.4 is 18.9 Å². The van der Waals surface area contributed by atoms with E-state index in [-0.39, 0.29) is 13.2 Å². The van der Waals surface area contributed by atoms with Crippen LogP contribution in [0.15, 0.2) is 42.5 Å². The van der Waals surface area contributed by atoms with Crippen molar-refractivity contribution in [3.8, 4) is 23.0 Å². The molecule has 0 amide bonds. The maximum Gasteiger partial charge on any atom is 0.330 e. The number of hydrogen-bond acceptors (Lipinski definition) is 6. The molecule has 0 N–H and O–H groups in total. The zero-order chi connectivity index (χ0) is 19.6. The second kappa shape index (κ2) is 10.3. The highest BCUT2D eigenvalue weighted by Crippen LogP contribution is 2.36. The van der Waals surface area contributed by atoms with E-state index in [0.717, 1.165) is 5.75 Å². The molecule has 2 aromatic rings. The molecule has 0 fully saturated rings. The second-order valence-corrected chi connectivity index (χ2v) is 5.67. The summed E-state index contributed by atoms with van der Waals surface area (Å²) in [6.45, 7) is 0.371. The van der Waals surface area contributed by atoms with Gasteiger partial charge < -0.3 is 23.7 Å². The van der Waals surface area contributed by atoms with Crippen LogP contribution in [0.1, 0.15) is 5.56 Å². The molecular formula is C20H21ClO6. The van der Waals surface area contributed by atoms with Gasteiger partial charge in [0.1, 0.15) is 24.7 Å². The number of ether oxygens (including phenoxy) is 5. The largest absolute Gasteiger partial charge is 0.497 e. The fourth-order valence-electron chi connectivity index (χ4n) is 2.22. The molecule has 0 unspecified atom stereocenters. The first-order valence-corrected chi connectivity index (χ1v) is 8.48. The Morgan fingerprint density at radius 1 is 0.963 bits per heavy atom. The van der Waals surface area contributed by atoms with Crippen LogP contribution >= 0.6 is 11.6 Å². The third-order valence-corrected chi connectivity index (χ3v) is 3.80. The SMILES string of the molecule is COc1ccc(OCCOC(=O)/C=C/c2cc(Cl)c(OC)c(OC)c2)cc1. The van der Waals surface area contributed by atoms with Crippen molar-refractivity contribution in [2.24, 2.45) is 0 Å². The molecule has 2 rings (SSSR count). The van der Waals surface area contributed by atoms with Crippen LogP contribution in [0.5, 0.6) is 23.0 Å². The first kappa shape index (κ1) is 20.5. The van der Waals surface area contributed by atoms with Crippen LogP contribution in [-0.2, 0) is 9.53 Å². The summed E-state index contributed by atoms with van der Waals surface area (Å²) in [7, 11) is 4.61. The summed E-state index contributed by atoms with van der Waals surface area (Å²) in [6, 6.07) is 10.5. The number of esters is 1. The number of carbonyl (C=O) groups excluding carboxylic acids is 1. The highest BCUT2D eigenvalue weighted by molar-refractivity contribution is 6.32. The molecular weight excluding hydrogens is 372 g/mol. The van der Waals surface area contributed by atoms with E-state index in [2.05, 4.69) is 0 Å². The summed E-state index contributed by atoms with van der Waals surface area (Å²) in [5.41, 5.74) is 0.684. The van der Waals surface area contributed by atoms with Gasteiger partial charge in [0.25, 0.3) is 0 Å². The zero-order valence-corrected chi connectivity index (χ0v) is 16.1. The van der Waals surface area contributed by atoms with Gasteiger partial charge in [0.05, 0.1) is 26.4 Å². The first-order chi connectivity index (χ1) is 13.1. The predicted octanol–water partition coefficient (Wildman–Crippen LogP) is 4.00. The molecule has 0 aliphatic heterocycles. The van der Waals surface area contributed by atoms with Gasteiger partial charge in [-0.3, -0.25) is 0 Å². The van der Waals surface area contributed by atoms with Crippen molar-refractivity contribution in [3.63, 3.8) is 0 Å². The van der Waals surface area contributed by atoms with Gasteiger partial charge in [-0.2, -0.15) is 0 Å². The van der Waals surface area contributed by atoms with Crippen LogP contribution in [0.3, 0.4) is 0 Å². The van der Waals surface area contributed by atoms with Gasteiger partial charge in [0, 0.05) is 6.08 Å². The van der Waals surface area contributed by atoms with E-state index in [1.165, 1.54) is 20.3 Å². The molecule has 0 saturated heterocycles.